The Labute approximate surface area is 169 Å². The summed E-state index contributed by atoms with van der Waals surface area (Å²) in [6, 6.07) is 8.19. The summed E-state index contributed by atoms with van der Waals surface area (Å²) in [5.74, 6) is 0.745. The largest absolute Gasteiger partial charge is 0.454 e. The molecule has 0 spiro atoms. The molecule has 8 nitrogen and oxygen atoms in total. The number of amides is 1. The van der Waals surface area contributed by atoms with Gasteiger partial charge in [-0.1, -0.05) is 12.5 Å². The van der Waals surface area contributed by atoms with E-state index >= 15 is 0 Å². The van der Waals surface area contributed by atoms with Gasteiger partial charge in [-0.3, -0.25) is 4.79 Å². The average molecular weight is 420 g/mol. The first-order valence-electron chi connectivity index (χ1n) is 9.60. The van der Waals surface area contributed by atoms with Crippen LogP contribution in [0.2, 0.25) is 0 Å². The molecule has 1 aromatic heterocycles. The number of nitrogens with zero attached hydrogens (tertiary/aromatic N) is 1. The van der Waals surface area contributed by atoms with Gasteiger partial charge in [0.25, 0.3) is 15.9 Å². The van der Waals surface area contributed by atoms with Gasteiger partial charge in [0, 0.05) is 13.1 Å². The van der Waals surface area contributed by atoms with Crippen LogP contribution in [0.25, 0.3) is 0 Å². The molecular formula is C20H24N2O6S. The minimum absolute atomic E-state index is 0.0468. The summed E-state index contributed by atoms with van der Waals surface area (Å²) in [5.41, 5.74) is 0.0827. The molecule has 1 saturated heterocycles. The van der Waals surface area contributed by atoms with Gasteiger partial charge in [-0.25, -0.2) is 8.42 Å². The molecule has 0 radical (unpaired) electrons. The fourth-order valence-corrected chi connectivity index (χ4v) is 4.94. The van der Waals surface area contributed by atoms with E-state index in [1.807, 2.05) is 26.0 Å². The molecule has 2 aliphatic rings. The second kappa shape index (κ2) is 7.38. The molecule has 1 N–H and O–H groups in total. The number of carbonyl (C=O) groups excluding carboxylic acids is 1. The summed E-state index contributed by atoms with van der Waals surface area (Å²) in [7, 11) is -3.72. The second-order valence-electron chi connectivity index (χ2n) is 7.73. The molecular weight excluding hydrogens is 396 g/mol. The predicted molar refractivity (Wildman–Crippen MR) is 104 cm³/mol. The van der Waals surface area contributed by atoms with Crippen molar-refractivity contribution in [1.82, 2.24) is 9.62 Å². The Bertz CT molecular complexity index is 1020. The topological polar surface area (TPSA) is 98.1 Å². The van der Waals surface area contributed by atoms with Gasteiger partial charge < -0.3 is 19.2 Å². The lowest BCUT2D eigenvalue weighted by Gasteiger charge is -2.26. The van der Waals surface area contributed by atoms with E-state index in [9.17, 15) is 13.2 Å². The van der Waals surface area contributed by atoms with Crippen molar-refractivity contribution >= 4 is 15.9 Å². The van der Waals surface area contributed by atoms with E-state index < -0.39 is 21.5 Å². The van der Waals surface area contributed by atoms with Gasteiger partial charge in [0.05, 0.1) is 5.54 Å². The van der Waals surface area contributed by atoms with E-state index in [0.717, 1.165) is 24.8 Å². The molecule has 0 saturated carbocycles. The summed E-state index contributed by atoms with van der Waals surface area (Å²) in [6.07, 6.45) is 2.68. The van der Waals surface area contributed by atoms with Crippen LogP contribution in [0.15, 0.2) is 39.8 Å². The zero-order valence-electron chi connectivity index (χ0n) is 16.4. The Morgan fingerprint density at radius 2 is 1.76 bits per heavy atom. The molecule has 0 unspecified atom stereocenters. The first kappa shape index (κ1) is 19.8. The van der Waals surface area contributed by atoms with Gasteiger partial charge >= 0.3 is 0 Å². The third kappa shape index (κ3) is 3.84. The van der Waals surface area contributed by atoms with Crippen molar-refractivity contribution in [3.63, 3.8) is 0 Å². The monoisotopic (exact) mass is 420 g/mol. The van der Waals surface area contributed by atoms with Crippen LogP contribution in [0.3, 0.4) is 0 Å². The van der Waals surface area contributed by atoms with Gasteiger partial charge in [0.2, 0.25) is 11.9 Å². The molecule has 4 rings (SSSR count). The maximum Gasteiger partial charge on any atom is 0.287 e. The van der Waals surface area contributed by atoms with E-state index in [1.165, 1.54) is 16.4 Å². The molecule has 156 valence electrons. The Kier molecular flexibility index (Phi) is 5.04. The second-order valence-corrected chi connectivity index (χ2v) is 9.60. The van der Waals surface area contributed by atoms with E-state index in [0.29, 0.717) is 24.6 Å². The summed E-state index contributed by atoms with van der Waals surface area (Å²) < 4.78 is 43.0. The first-order valence-corrected chi connectivity index (χ1v) is 11.0. The van der Waals surface area contributed by atoms with Crippen LogP contribution in [-0.2, 0) is 15.6 Å². The van der Waals surface area contributed by atoms with E-state index in [2.05, 4.69) is 5.32 Å². The van der Waals surface area contributed by atoms with Crippen molar-refractivity contribution in [2.75, 3.05) is 19.9 Å². The van der Waals surface area contributed by atoms with Crippen molar-refractivity contribution in [3.8, 4) is 11.5 Å². The number of ether oxygens (including phenoxy) is 2. The number of hydrogen-bond donors (Lipinski definition) is 1. The van der Waals surface area contributed by atoms with Crippen molar-refractivity contribution in [3.05, 3.63) is 41.7 Å². The van der Waals surface area contributed by atoms with Gasteiger partial charge in [-0.2, -0.15) is 4.31 Å². The molecule has 2 aliphatic heterocycles. The van der Waals surface area contributed by atoms with Gasteiger partial charge in [-0.15, -0.1) is 0 Å². The van der Waals surface area contributed by atoms with Crippen LogP contribution in [0, 0.1) is 0 Å². The van der Waals surface area contributed by atoms with E-state index in [4.69, 9.17) is 13.9 Å². The van der Waals surface area contributed by atoms with Crippen LogP contribution >= 0.6 is 0 Å². The Morgan fingerprint density at radius 1 is 1.03 bits per heavy atom. The van der Waals surface area contributed by atoms with Crippen molar-refractivity contribution in [1.29, 1.82) is 0 Å². The molecule has 1 amide bonds. The van der Waals surface area contributed by atoms with Gasteiger partial charge in [-0.05, 0) is 56.5 Å². The van der Waals surface area contributed by atoms with Crippen LogP contribution in [0.5, 0.6) is 11.5 Å². The molecule has 0 atom stereocenters. The van der Waals surface area contributed by atoms with E-state index in [1.54, 1.807) is 6.07 Å². The Balaban J connectivity index is 1.50. The molecule has 3 heterocycles. The normalized spacial score (nSPS) is 17.3. The Morgan fingerprint density at radius 3 is 2.52 bits per heavy atom. The summed E-state index contributed by atoms with van der Waals surface area (Å²) in [5, 5.41) is 2.68. The molecule has 0 bridgehead atoms. The number of carbonyl (C=O) groups is 1. The number of hydrogen-bond acceptors (Lipinski definition) is 6. The highest BCUT2D eigenvalue weighted by Gasteiger charge is 2.31. The lowest BCUT2D eigenvalue weighted by Crippen LogP contribution is -2.40. The Hall–Kier alpha value is -2.52. The third-order valence-electron chi connectivity index (χ3n) is 5.23. The fourth-order valence-electron chi connectivity index (χ4n) is 3.52. The molecule has 1 aromatic carbocycles. The standard InChI is InChI=1S/C20H24N2O6S/c1-20(2,14-6-7-15-17(12-14)27-13-26-15)21-19(23)16-8-9-18(28-16)29(24,25)22-10-4-3-5-11-22/h6-9,12H,3-5,10-11,13H2,1-2H3,(H,21,23). The quantitative estimate of drug-likeness (QED) is 0.799. The van der Waals surface area contributed by atoms with Crippen molar-refractivity contribution in [2.45, 2.75) is 43.7 Å². The van der Waals surface area contributed by atoms with Crippen molar-refractivity contribution < 1.29 is 27.1 Å². The summed E-state index contributed by atoms with van der Waals surface area (Å²) in [4.78, 5) is 12.7. The molecule has 2 aromatic rings. The molecule has 29 heavy (non-hydrogen) atoms. The smallest absolute Gasteiger partial charge is 0.287 e. The lowest BCUT2D eigenvalue weighted by atomic mass is 9.93. The van der Waals surface area contributed by atoms with Crippen molar-refractivity contribution in [2.24, 2.45) is 0 Å². The van der Waals surface area contributed by atoms with Gasteiger partial charge in [0.15, 0.2) is 17.3 Å². The third-order valence-corrected chi connectivity index (χ3v) is 7.01. The number of benzene rings is 1. The van der Waals surface area contributed by atoms with E-state index in [-0.39, 0.29) is 17.6 Å². The SMILES string of the molecule is CC(C)(NC(=O)c1ccc(S(=O)(=O)N2CCCCC2)o1)c1ccc2c(c1)OCO2. The highest BCUT2D eigenvalue weighted by atomic mass is 32.2. The maximum atomic E-state index is 12.7. The zero-order valence-corrected chi connectivity index (χ0v) is 17.3. The van der Waals surface area contributed by atoms with Crippen LogP contribution in [-0.4, -0.2) is 38.5 Å². The number of rotatable bonds is 5. The van der Waals surface area contributed by atoms with Crippen LogP contribution < -0.4 is 14.8 Å². The minimum atomic E-state index is -3.72. The van der Waals surface area contributed by atoms with Crippen LogP contribution in [0.1, 0.15) is 49.2 Å². The number of sulfonamides is 1. The van der Waals surface area contributed by atoms with Crippen LogP contribution in [0.4, 0.5) is 0 Å². The molecule has 0 aliphatic carbocycles. The predicted octanol–water partition coefficient (Wildman–Crippen LogP) is 2.85. The molecule has 1 fully saturated rings. The average Bonchev–Trinajstić information content (AvgIpc) is 3.37. The minimum Gasteiger partial charge on any atom is -0.454 e. The van der Waals surface area contributed by atoms with Gasteiger partial charge in [0.1, 0.15) is 0 Å². The number of nitrogens with one attached hydrogen (secondary N) is 1. The number of fused-ring (bicyclic) bond motifs is 1. The summed E-state index contributed by atoms with van der Waals surface area (Å²) >= 11 is 0. The fraction of sp³-hybridized carbons (Fsp3) is 0.450. The summed E-state index contributed by atoms with van der Waals surface area (Å²) in [6.45, 7) is 4.81. The first-order chi connectivity index (χ1) is 13.8. The lowest BCUT2D eigenvalue weighted by molar-refractivity contribution is 0.0877. The zero-order chi connectivity index (χ0) is 20.6. The molecule has 9 heteroatoms. The highest BCUT2D eigenvalue weighted by Crippen LogP contribution is 2.35. The highest BCUT2D eigenvalue weighted by molar-refractivity contribution is 7.89. The number of piperidine rings is 1. The number of furan rings is 1. The maximum absolute atomic E-state index is 12.7.